The number of anilines is 1. The van der Waals surface area contributed by atoms with Crippen molar-refractivity contribution in [1.29, 1.82) is 0 Å². The smallest absolute Gasteiger partial charge is 0.241 e. The molecule has 0 saturated carbocycles. The van der Waals surface area contributed by atoms with Gasteiger partial charge in [-0.05, 0) is 44.3 Å². The second kappa shape index (κ2) is 6.89. The van der Waals surface area contributed by atoms with Gasteiger partial charge in [0.1, 0.15) is 5.75 Å². The molecule has 0 aromatic heterocycles. The summed E-state index contributed by atoms with van der Waals surface area (Å²) in [6, 6.07) is 3.38. The maximum Gasteiger partial charge on any atom is 0.241 e. The molecule has 0 bridgehead atoms. The number of amides is 1. The Labute approximate surface area is 134 Å². The summed E-state index contributed by atoms with van der Waals surface area (Å²) in [5, 5.41) is 6.04. The van der Waals surface area contributed by atoms with Crippen molar-refractivity contribution in [3.8, 4) is 5.75 Å². The molecule has 0 radical (unpaired) electrons. The van der Waals surface area contributed by atoms with E-state index in [4.69, 9.17) is 9.47 Å². The van der Waals surface area contributed by atoms with Crippen LogP contribution < -0.4 is 15.4 Å². The number of halogens is 2. The summed E-state index contributed by atoms with van der Waals surface area (Å²) in [6.07, 6.45) is 0.766. The van der Waals surface area contributed by atoms with Gasteiger partial charge >= 0.3 is 0 Å². The van der Waals surface area contributed by atoms with Crippen LogP contribution in [0.15, 0.2) is 21.1 Å². The monoisotopic (exact) mass is 406 g/mol. The summed E-state index contributed by atoms with van der Waals surface area (Å²) in [6.45, 7) is 0.694. The number of rotatable bonds is 4. The molecule has 1 heterocycles. The Morgan fingerprint density at radius 2 is 2.10 bits per heavy atom. The SMILES string of the molecule is COc1cc(NC(=O)C2CC(OC)CN2)c(Br)cc1Br. The quantitative estimate of drug-likeness (QED) is 0.805. The molecule has 7 heteroatoms. The van der Waals surface area contributed by atoms with E-state index in [9.17, 15) is 4.79 Å². The van der Waals surface area contributed by atoms with Crippen molar-refractivity contribution < 1.29 is 14.3 Å². The second-order valence-corrected chi connectivity index (χ2v) is 6.22. The largest absolute Gasteiger partial charge is 0.495 e. The number of carbonyl (C=O) groups excluding carboxylic acids is 1. The zero-order chi connectivity index (χ0) is 14.7. The van der Waals surface area contributed by atoms with Crippen LogP contribution in [0, 0.1) is 0 Å². The summed E-state index contributed by atoms with van der Waals surface area (Å²) in [7, 11) is 3.24. The second-order valence-electron chi connectivity index (χ2n) is 4.51. The molecule has 1 fully saturated rings. The zero-order valence-corrected chi connectivity index (χ0v) is 14.4. The summed E-state index contributed by atoms with van der Waals surface area (Å²) >= 11 is 6.82. The number of nitrogens with one attached hydrogen (secondary N) is 2. The summed E-state index contributed by atoms with van der Waals surface area (Å²) in [4.78, 5) is 12.2. The molecular weight excluding hydrogens is 392 g/mol. The van der Waals surface area contributed by atoms with Crippen molar-refractivity contribution >= 4 is 43.5 Å². The van der Waals surface area contributed by atoms with Gasteiger partial charge in [-0.2, -0.15) is 0 Å². The Bertz CT molecular complexity index is 511. The predicted octanol–water partition coefficient (Wildman–Crippen LogP) is 2.54. The third-order valence-corrected chi connectivity index (χ3v) is 4.52. The summed E-state index contributed by atoms with van der Waals surface area (Å²) < 4.78 is 12.1. The maximum absolute atomic E-state index is 12.2. The molecule has 1 aromatic carbocycles. The Morgan fingerprint density at radius 1 is 1.35 bits per heavy atom. The van der Waals surface area contributed by atoms with E-state index < -0.39 is 0 Å². The molecule has 1 aliphatic rings. The van der Waals surface area contributed by atoms with E-state index in [1.165, 1.54) is 0 Å². The van der Waals surface area contributed by atoms with E-state index in [-0.39, 0.29) is 18.1 Å². The third kappa shape index (κ3) is 3.52. The molecule has 5 nitrogen and oxygen atoms in total. The van der Waals surface area contributed by atoms with Gasteiger partial charge in [-0.1, -0.05) is 0 Å². The fraction of sp³-hybridized carbons (Fsp3) is 0.462. The lowest BCUT2D eigenvalue weighted by atomic mass is 10.2. The molecule has 0 aliphatic carbocycles. The van der Waals surface area contributed by atoms with E-state index in [1.807, 2.05) is 6.07 Å². The molecule has 2 rings (SSSR count). The highest BCUT2D eigenvalue weighted by Gasteiger charge is 2.29. The highest BCUT2D eigenvalue weighted by atomic mass is 79.9. The minimum atomic E-state index is -0.235. The third-order valence-electron chi connectivity index (χ3n) is 3.24. The van der Waals surface area contributed by atoms with Crippen LogP contribution in [0.4, 0.5) is 5.69 Å². The minimum Gasteiger partial charge on any atom is -0.495 e. The average Bonchev–Trinajstić information content (AvgIpc) is 2.90. The number of hydrogen-bond acceptors (Lipinski definition) is 4. The normalized spacial score (nSPS) is 21.8. The van der Waals surface area contributed by atoms with Crippen LogP contribution in [0.2, 0.25) is 0 Å². The van der Waals surface area contributed by atoms with E-state index in [1.54, 1.807) is 20.3 Å². The molecule has 1 aliphatic heterocycles. The lowest BCUT2D eigenvalue weighted by Crippen LogP contribution is -2.35. The molecule has 1 saturated heterocycles. The van der Waals surface area contributed by atoms with Gasteiger partial charge in [0.05, 0.1) is 29.4 Å². The van der Waals surface area contributed by atoms with Crippen molar-refractivity contribution in [1.82, 2.24) is 5.32 Å². The van der Waals surface area contributed by atoms with Crippen molar-refractivity contribution in [2.24, 2.45) is 0 Å². The number of carbonyl (C=O) groups is 1. The van der Waals surface area contributed by atoms with E-state index in [0.717, 1.165) is 8.95 Å². The Balaban J connectivity index is 2.08. The summed E-state index contributed by atoms with van der Waals surface area (Å²) in [5.74, 6) is 0.590. The van der Waals surface area contributed by atoms with E-state index in [2.05, 4.69) is 42.5 Å². The molecule has 2 unspecified atom stereocenters. The van der Waals surface area contributed by atoms with Crippen LogP contribution in [-0.2, 0) is 9.53 Å². The topological polar surface area (TPSA) is 59.6 Å². The fourth-order valence-corrected chi connectivity index (χ4v) is 3.34. The molecule has 110 valence electrons. The highest BCUT2D eigenvalue weighted by Crippen LogP contribution is 2.34. The van der Waals surface area contributed by atoms with Crippen LogP contribution in [0.3, 0.4) is 0 Å². The first kappa shape index (κ1) is 15.8. The van der Waals surface area contributed by atoms with Crippen LogP contribution in [-0.4, -0.2) is 38.8 Å². The van der Waals surface area contributed by atoms with E-state index in [0.29, 0.717) is 24.4 Å². The molecule has 1 amide bonds. The Kier molecular flexibility index (Phi) is 5.42. The first-order valence-electron chi connectivity index (χ1n) is 6.15. The van der Waals surface area contributed by atoms with Gasteiger partial charge < -0.3 is 20.1 Å². The van der Waals surface area contributed by atoms with E-state index >= 15 is 0 Å². The minimum absolute atomic E-state index is 0.0744. The lowest BCUT2D eigenvalue weighted by Gasteiger charge is -2.14. The molecule has 2 N–H and O–H groups in total. The van der Waals surface area contributed by atoms with Gasteiger partial charge in [0.25, 0.3) is 0 Å². The van der Waals surface area contributed by atoms with Crippen LogP contribution >= 0.6 is 31.9 Å². The molecule has 20 heavy (non-hydrogen) atoms. The van der Waals surface area contributed by atoms with Crippen molar-refractivity contribution in [3.63, 3.8) is 0 Å². The summed E-state index contributed by atoms with van der Waals surface area (Å²) in [5.41, 5.74) is 0.678. The Morgan fingerprint density at radius 3 is 2.70 bits per heavy atom. The zero-order valence-electron chi connectivity index (χ0n) is 11.2. The van der Waals surface area contributed by atoms with Gasteiger partial charge in [0, 0.05) is 24.2 Å². The van der Waals surface area contributed by atoms with Crippen LogP contribution in [0.5, 0.6) is 5.75 Å². The Hall–Kier alpha value is -0.630. The van der Waals surface area contributed by atoms with Crippen molar-refractivity contribution in [2.45, 2.75) is 18.6 Å². The molecule has 1 aromatic rings. The first-order chi connectivity index (χ1) is 9.55. The molecule has 0 spiro atoms. The van der Waals surface area contributed by atoms with Gasteiger partial charge in [0.15, 0.2) is 0 Å². The van der Waals surface area contributed by atoms with Crippen LogP contribution in [0.1, 0.15) is 6.42 Å². The average molecular weight is 408 g/mol. The highest BCUT2D eigenvalue weighted by molar-refractivity contribution is 9.11. The number of hydrogen-bond donors (Lipinski definition) is 2. The predicted molar refractivity (Wildman–Crippen MR) is 84.2 cm³/mol. The number of methoxy groups -OCH3 is 2. The van der Waals surface area contributed by atoms with Gasteiger partial charge in [-0.15, -0.1) is 0 Å². The molecule has 2 atom stereocenters. The van der Waals surface area contributed by atoms with Crippen LogP contribution in [0.25, 0.3) is 0 Å². The van der Waals surface area contributed by atoms with Crippen molar-refractivity contribution in [3.05, 3.63) is 21.1 Å². The van der Waals surface area contributed by atoms with Crippen molar-refractivity contribution in [2.75, 3.05) is 26.1 Å². The number of ether oxygens (including phenoxy) is 2. The first-order valence-corrected chi connectivity index (χ1v) is 7.73. The number of benzene rings is 1. The van der Waals surface area contributed by atoms with Gasteiger partial charge in [-0.3, -0.25) is 4.79 Å². The van der Waals surface area contributed by atoms with Gasteiger partial charge in [-0.25, -0.2) is 0 Å². The fourth-order valence-electron chi connectivity index (χ4n) is 2.08. The lowest BCUT2D eigenvalue weighted by molar-refractivity contribution is -0.118. The standard InChI is InChI=1S/C13H16Br2N2O3/c1-19-7-3-11(16-6-7)13(18)17-10-5-12(20-2)9(15)4-8(10)14/h4-5,7,11,16H,3,6H2,1-2H3,(H,17,18). The van der Waals surface area contributed by atoms with Gasteiger partial charge in [0.2, 0.25) is 5.91 Å². The maximum atomic E-state index is 12.2. The molecular formula is C13H16Br2N2O3.